The highest BCUT2D eigenvalue weighted by Crippen LogP contribution is 2.76. The molecular formula is C57H88O23. The summed E-state index contributed by atoms with van der Waals surface area (Å²) in [6, 6.07) is 0. The van der Waals surface area contributed by atoms with Crippen LogP contribution in [0.4, 0.5) is 0 Å². The van der Waals surface area contributed by atoms with Gasteiger partial charge in [0.25, 0.3) is 0 Å². The Bertz CT molecular complexity index is 2390. The summed E-state index contributed by atoms with van der Waals surface area (Å²) >= 11 is 0. The number of allylic oxidation sites excluding steroid dienone is 3. The first-order valence-corrected chi connectivity index (χ1v) is 28.1. The molecule has 8 rings (SSSR count). The fraction of sp³-hybridized carbons (Fsp3) is 0.842. The Morgan fingerprint density at radius 2 is 1.18 bits per heavy atom. The molecule has 23 heteroatoms. The molecule has 0 aromatic rings. The van der Waals surface area contributed by atoms with Crippen LogP contribution < -0.4 is 0 Å². The van der Waals surface area contributed by atoms with E-state index in [1.807, 2.05) is 34.6 Å². The minimum atomic E-state index is -2.13. The number of aliphatic carboxylic acids is 1. The van der Waals surface area contributed by atoms with Crippen molar-refractivity contribution < 1.29 is 114 Å². The van der Waals surface area contributed by atoms with Gasteiger partial charge in [-0.1, -0.05) is 72.3 Å². The number of fused-ring (bicyclic) bond motifs is 7. The first-order chi connectivity index (χ1) is 37.3. The summed E-state index contributed by atoms with van der Waals surface area (Å²) in [5, 5.41) is 134. The Kier molecular flexibility index (Phi) is 17.9. The van der Waals surface area contributed by atoms with Crippen LogP contribution in [-0.2, 0) is 52.3 Å². The number of carboxylic acid groups (broad SMARTS) is 1. The molecule has 0 aromatic carbocycles. The SMILES string of the molecule is CC=C(C)C(=O)O[C@H]1[C@H](OC(=O)C(C)=CC)[C@@]2(CO)C(CC1(C)C)C1=CCC3[C@@]4(C)CC[C@H](O[C@@H]5OC(C(=O)O)[C@@H](O)[C@@H](O[C@@H]6O[C@@H](CO)[C@@H](O)C6O)C5O[C@@H]5OC(CO)[C@H](O)[C@@H](O)C5O)C(C)(C)C4CC[C@@]3(C)[C@]1(C)[C@@H](O)[C@H]2O. The molecule has 80 heavy (non-hydrogen) atoms. The van der Waals surface area contributed by atoms with Gasteiger partial charge in [0, 0.05) is 22.0 Å². The molecular weight excluding hydrogens is 1050 g/mol. The number of aliphatic hydroxyl groups excluding tert-OH is 11. The predicted octanol–water partition coefficient (Wildman–Crippen LogP) is 0.263. The molecule has 0 bridgehead atoms. The number of carboxylic acids is 1. The van der Waals surface area contributed by atoms with Gasteiger partial charge in [-0.2, -0.15) is 0 Å². The molecule has 26 atom stereocenters. The summed E-state index contributed by atoms with van der Waals surface area (Å²) in [5.41, 5.74) is -4.40. The van der Waals surface area contributed by atoms with Crippen LogP contribution in [0.3, 0.4) is 0 Å². The summed E-state index contributed by atoms with van der Waals surface area (Å²) < 4.78 is 49.0. The third-order valence-electron chi connectivity index (χ3n) is 21.4. The molecule has 0 radical (unpaired) electrons. The monoisotopic (exact) mass is 1140 g/mol. The molecule has 3 aliphatic heterocycles. The molecule has 0 spiro atoms. The van der Waals surface area contributed by atoms with Gasteiger partial charge < -0.3 is 99.2 Å². The molecule has 0 amide bonds. The molecule has 8 unspecified atom stereocenters. The molecule has 23 nitrogen and oxygen atoms in total. The van der Waals surface area contributed by atoms with Gasteiger partial charge in [0.05, 0.1) is 43.5 Å². The number of hydrogen-bond acceptors (Lipinski definition) is 22. The van der Waals surface area contributed by atoms with E-state index in [4.69, 9.17) is 37.9 Å². The standard InChI is InChI=1S/C57H88O23/c1-12-24(3)47(71)79-44-45(80-48(72)25(4)13-2)57(23-60)27(20-52(44,5)6)26-14-15-31-54(9)18-17-32(53(7,8)30(54)16-19-55(31,10)56(26,11)42(67)43(57)68)75-51-41(78-50-37(65)35(63)33(61)28(21-58)73-50)39(38(66)40(77-51)46(69)70)76-49-36(64)34(62)29(22-59)74-49/h12-14,27-45,49-51,58-68H,15-23H2,1-11H3,(H,69,70)/t27?,28?,29-,30?,31?,32-,33-,34+,35+,36?,37?,38-,39+,40?,41?,42-,43+,44-,45-,49-,50-,51+,54-,55+,56-,57-/m0/s1. The maximum atomic E-state index is 13.9. The quantitative estimate of drug-likeness (QED) is 0.0480. The van der Waals surface area contributed by atoms with E-state index >= 15 is 0 Å². The molecule has 454 valence electrons. The lowest BCUT2D eigenvalue weighted by Crippen LogP contribution is -2.76. The van der Waals surface area contributed by atoms with Crippen molar-refractivity contribution in [2.75, 3.05) is 19.8 Å². The second-order valence-electron chi connectivity index (χ2n) is 26.0. The lowest BCUT2D eigenvalue weighted by Gasteiger charge is -2.73. The third-order valence-corrected chi connectivity index (χ3v) is 21.4. The van der Waals surface area contributed by atoms with Crippen LogP contribution in [0, 0.1) is 50.2 Å². The fourth-order valence-electron chi connectivity index (χ4n) is 16.2. The third kappa shape index (κ3) is 9.76. The van der Waals surface area contributed by atoms with Gasteiger partial charge in [0.15, 0.2) is 31.1 Å². The minimum absolute atomic E-state index is 0.153. The number of aliphatic hydroxyl groups is 11. The van der Waals surface area contributed by atoms with Crippen LogP contribution in [0.1, 0.15) is 115 Å². The summed E-state index contributed by atoms with van der Waals surface area (Å²) in [5.74, 6) is -4.01. The molecule has 8 aliphatic rings. The van der Waals surface area contributed by atoms with E-state index in [2.05, 4.69) is 19.9 Å². The van der Waals surface area contributed by atoms with Gasteiger partial charge in [0.1, 0.15) is 67.1 Å². The van der Waals surface area contributed by atoms with Crippen LogP contribution in [-0.4, -0.2) is 216 Å². The fourth-order valence-corrected chi connectivity index (χ4v) is 16.2. The number of hydrogen-bond donors (Lipinski definition) is 12. The van der Waals surface area contributed by atoms with Crippen molar-refractivity contribution in [2.45, 2.75) is 231 Å². The number of ether oxygens (including phenoxy) is 8. The minimum Gasteiger partial charge on any atom is -0.479 e. The highest BCUT2D eigenvalue weighted by molar-refractivity contribution is 5.89. The van der Waals surface area contributed by atoms with E-state index in [9.17, 15) is 75.7 Å². The first-order valence-electron chi connectivity index (χ1n) is 28.1. The van der Waals surface area contributed by atoms with Crippen molar-refractivity contribution in [1.82, 2.24) is 0 Å². The number of carbonyl (C=O) groups is 3. The van der Waals surface area contributed by atoms with E-state index in [0.29, 0.717) is 37.7 Å². The molecule has 12 N–H and O–H groups in total. The molecule has 7 fully saturated rings. The van der Waals surface area contributed by atoms with E-state index < -0.39 is 193 Å². The Morgan fingerprint density at radius 1 is 0.637 bits per heavy atom. The normalized spacial score (nSPS) is 49.0. The second-order valence-corrected chi connectivity index (χ2v) is 26.0. The average molecular weight is 1140 g/mol. The smallest absolute Gasteiger partial charge is 0.335 e. The molecule has 3 saturated heterocycles. The number of carbonyl (C=O) groups excluding carboxylic acids is 2. The largest absolute Gasteiger partial charge is 0.479 e. The van der Waals surface area contributed by atoms with E-state index in [0.717, 1.165) is 5.57 Å². The van der Waals surface area contributed by atoms with Crippen molar-refractivity contribution in [3.63, 3.8) is 0 Å². The summed E-state index contributed by atoms with van der Waals surface area (Å²) in [6.45, 7) is 18.4. The zero-order valence-corrected chi connectivity index (χ0v) is 47.7. The van der Waals surface area contributed by atoms with Crippen molar-refractivity contribution in [2.24, 2.45) is 50.2 Å². The lowest BCUT2D eigenvalue weighted by atomic mass is 9.32. The van der Waals surface area contributed by atoms with Crippen molar-refractivity contribution in [3.8, 4) is 0 Å². The molecule has 4 saturated carbocycles. The van der Waals surface area contributed by atoms with Crippen molar-refractivity contribution in [1.29, 1.82) is 0 Å². The maximum Gasteiger partial charge on any atom is 0.335 e. The Hall–Kier alpha value is -3.05. The van der Waals surface area contributed by atoms with Gasteiger partial charge in [-0.3, -0.25) is 0 Å². The van der Waals surface area contributed by atoms with Crippen molar-refractivity contribution >= 4 is 17.9 Å². The molecule has 5 aliphatic carbocycles. The van der Waals surface area contributed by atoms with E-state index in [1.54, 1.807) is 39.8 Å². The van der Waals surface area contributed by atoms with E-state index in [-0.39, 0.29) is 23.8 Å². The summed E-state index contributed by atoms with van der Waals surface area (Å²) in [4.78, 5) is 40.3. The van der Waals surface area contributed by atoms with Crippen LogP contribution in [0.2, 0.25) is 0 Å². The van der Waals surface area contributed by atoms with Crippen LogP contribution >= 0.6 is 0 Å². The zero-order chi connectivity index (χ0) is 59.3. The number of esters is 2. The maximum absolute atomic E-state index is 13.9. The van der Waals surface area contributed by atoms with Gasteiger partial charge in [0.2, 0.25) is 0 Å². The summed E-state index contributed by atoms with van der Waals surface area (Å²) in [6.07, 6.45) is -24.0. The molecule has 3 heterocycles. The van der Waals surface area contributed by atoms with Crippen LogP contribution in [0.5, 0.6) is 0 Å². The van der Waals surface area contributed by atoms with Crippen LogP contribution in [0.25, 0.3) is 0 Å². The summed E-state index contributed by atoms with van der Waals surface area (Å²) in [7, 11) is 0. The lowest BCUT2D eigenvalue weighted by molar-refractivity contribution is -0.386. The van der Waals surface area contributed by atoms with Crippen molar-refractivity contribution in [3.05, 3.63) is 34.9 Å². The highest BCUT2D eigenvalue weighted by Gasteiger charge is 2.76. The van der Waals surface area contributed by atoms with Gasteiger partial charge in [-0.05, 0) is 100 Å². The Labute approximate surface area is 466 Å². The van der Waals surface area contributed by atoms with Crippen LogP contribution in [0.15, 0.2) is 34.9 Å². The van der Waals surface area contributed by atoms with Gasteiger partial charge >= 0.3 is 17.9 Å². The predicted molar refractivity (Wildman–Crippen MR) is 277 cm³/mol. The average Bonchev–Trinajstić information content (AvgIpc) is 3.72. The first kappa shape index (κ1) is 63.0. The second kappa shape index (κ2) is 22.7. The zero-order valence-electron chi connectivity index (χ0n) is 47.7. The number of rotatable bonds is 14. The highest BCUT2D eigenvalue weighted by atomic mass is 16.8. The Balaban J connectivity index is 1.14. The van der Waals surface area contributed by atoms with Gasteiger partial charge in [-0.15, -0.1) is 0 Å². The molecule has 0 aromatic heterocycles. The topological polar surface area (TPSA) is 368 Å². The van der Waals surface area contributed by atoms with Gasteiger partial charge in [-0.25, -0.2) is 14.4 Å². The Morgan fingerprint density at radius 3 is 1.71 bits per heavy atom. The van der Waals surface area contributed by atoms with E-state index in [1.165, 1.54) is 0 Å².